The number of halogens is 2. The number of thiol groups is 1. The van der Waals surface area contributed by atoms with E-state index < -0.39 is 21.5 Å². The Balaban J connectivity index is 3.36. The summed E-state index contributed by atoms with van der Waals surface area (Å²) in [6, 6.07) is 2.29. The largest absolute Gasteiger partial charge is 0.290 e. The molecule has 3 nitrogen and oxygen atoms in total. The van der Waals surface area contributed by atoms with E-state index in [1.54, 1.807) is 0 Å². The Kier molecular flexibility index (Phi) is 2.54. The Labute approximate surface area is 77.7 Å². The summed E-state index contributed by atoms with van der Waals surface area (Å²) in [6.07, 6.45) is 0. The third-order valence-electron chi connectivity index (χ3n) is 1.24. The molecule has 1 aromatic carbocycles. The van der Waals surface area contributed by atoms with Crippen LogP contribution in [0.3, 0.4) is 0 Å². The van der Waals surface area contributed by atoms with Crippen LogP contribution in [0.25, 0.3) is 0 Å². The molecule has 64 valence electrons. The van der Waals surface area contributed by atoms with E-state index in [0.717, 1.165) is 6.07 Å². The summed E-state index contributed by atoms with van der Waals surface area (Å²) in [6.45, 7) is 0. The van der Waals surface area contributed by atoms with E-state index in [2.05, 4.69) is 12.6 Å². The number of benzene rings is 1. The monoisotopic (exact) mass is 207 g/mol. The van der Waals surface area contributed by atoms with Gasteiger partial charge >= 0.3 is 0 Å². The molecule has 0 saturated carbocycles. The van der Waals surface area contributed by atoms with Crippen LogP contribution in [0.4, 0.5) is 10.1 Å². The van der Waals surface area contributed by atoms with Crippen molar-refractivity contribution in [3.63, 3.8) is 0 Å². The lowest BCUT2D eigenvalue weighted by Crippen LogP contribution is -1.91. The Morgan fingerprint density at radius 2 is 2.17 bits per heavy atom. The van der Waals surface area contributed by atoms with Crippen molar-refractivity contribution in [3.05, 3.63) is 33.1 Å². The van der Waals surface area contributed by atoms with E-state index in [-0.39, 0.29) is 4.90 Å². The van der Waals surface area contributed by atoms with Crippen molar-refractivity contribution < 1.29 is 9.31 Å². The molecule has 0 heterocycles. The number of rotatable bonds is 1. The predicted molar refractivity (Wildman–Crippen MR) is 45.3 cm³/mol. The number of nitrogens with zero attached hydrogens (tertiary/aromatic N) is 1. The van der Waals surface area contributed by atoms with Gasteiger partial charge in [-0.1, -0.05) is 11.6 Å². The Bertz CT molecular complexity index is 345. The second-order valence-corrected chi connectivity index (χ2v) is 2.85. The number of hydrogen-bond donors (Lipinski definition) is 1. The van der Waals surface area contributed by atoms with Gasteiger partial charge in [-0.2, -0.15) is 0 Å². The van der Waals surface area contributed by atoms with Gasteiger partial charge in [0.2, 0.25) is 0 Å². The third kappa shape index (κ3) is 1.51. The van der Waals surface area contributed by atoms with Crippen LogP contribution in [0.15, 0.2) is 17.0 Å². The molecule has 0 aromatic heterocycles. The molecule has 0 radical (unpaired) electrons. The minimum absolute atomic E-state index is 0.00870. The lowest BCUT2D eigenvalue weighted by atomic mass is 10.3. The molecular weight excluding hydrogens is 205 g/mol. The second kappa shape index (κ2) is 3.28. The highest BCUT2D eigenvalue weighted by molar-refractivity contribution is 7.80. The molecule has 0 atom stereocenters. The van der Waals surface area contributed by atoms with Gasteiger partial charge in [-0.3, -0.25) is 10.1 Å². The van der Waals surface area contributed by atoms with Gasteiger partial charge in [0, 0.05) is 11.0 Å². The Morgan fingerprint density at radius 1 is 1.58 bits per heavy atom. The van der Waals surface area contributed by atoms with Crippen molar-refractivity contribution in [1.29, 1.82) is 0 Å². The fraction of sp³-hybridized carbons (Fsp3) is 0. The highest BCUT2D eigenvalue weighted by Gasteiger charge is 2.17. The molecule has 0 aliphatic heterocycles. The van der Waals surface area contributed by atoms with E-state index in [1.165, 1.54) is 6.07 Å². The minimum Gasteiger partial charge on any atom is -0.258 e. The topological polar surface area (TPSA) is 43.1 Å². The molecular formula is C6H3ClFNO2S. The van der Waals surface area contributed by atoms with Gasteiger partial charge < -0.3 is 0 Å². The number of nitro benzene ring substituents is 1. The summed E-state index contributed by atoms with van der Waals surface area (Å²) in [5, 5.41) is 9.71. The first-order valence-electron chi connectivity index (χ1n) is 2.85. The molecule has 0 saturated heterocycles. The third-order valence-corrected chi connectivity index (χ3v) is 1.94. The smallest absolute Gasteiger partial charge is 0.258 e. The summed E-state index contributed by atoms with van der Waals surface area (Å²) in [4.78, 5) is 9.45. The summed E-state index contributed by atoms with van der Waals surface area (Å²) in [7, 11) is 0. The van der Waals surface area contributed by atoms with Crippen LogP contribution in [-0.4, -0.2) is 4.92 Å². The molecule has 0 amide bonds. The molecule has 1 rings (SSSR count). The lowest BCUT2D eigenvalue weighted by molar-refractivity contribution is -0.384. The maximum atomic E-state index is 12.8. The second-order valence-electron chi connectivity index (χ2n) is 1.99. The standard InChI is InChI=1S/C6H3ClFNO2S/c7-5-3(9(10)11)1-2-4(12)6(5)8/h1-2,12H. The SMILES string of the molecule is O=[N+]([O-])c1ccc(S)c(F)c1Cl. The zero-order chi connectivity index (χ0) is 9.30. The molecule has 0 spiro atoms. The minimum atomic E-state index is -0.866. The van der Waals surface area contributed by atoms with Crippen LogP contribution < -0.4 is 0 Å². The fourth-order valence-electron chi connectivity index (χ4n) is 0.670. The summed E-state index contributed by atoms with van der Waals surface area (Å²) < 4.78 is 12.8. The van der Waals surface area contributed by atoms with E-state index in [4.69, 9.17) is 11.6 Å². The van der Waals surface area contributed by atoms with Crippen molar-refractivity contribution in [2.75, 3.05) is 0 Å². The molecule has 0 unspecified atom stereocenters. The molecule has 0 aliphatic carbocycles. The van der Waals surface area contributed by atoms with Crippen molar-refractivity contribution in [1.82, 2.24) is 0 Å². The highest BCUT2D eigenvalue weighted by Crippen LogP contribution is 2.30. The molecule has 0 bridgehead atoms. The van der Waals surface area contributed by atoms with Gasteiger partial charge in [-0.05, 0) is 6.07 Å². The van der Waals surface area contributed by atoms with Crippen molar-refractivity contribution in [2.45, 2.75) is 4.90 Å². The van der Waals surface area contributed by atoms with Gasteiger partial charge in [-0.15, -0.1) is 12.6 Å². The van der Waals surface area contributed by atoms with Gasteiger partial charge in [0.05, 0.1) is 4.92 Å². The van der Waals surface area contributed by atoms with Crippen LogP contribution in [0, 0.1) is 15.9 Å². The first kappa shape index (κ1) is 9.28. The molecule has 0 N–H and O–H groups in total. The molecule has 0 fully saturated rings. The Morgan fingerprint density at radius 3 is 2.67 bits per heavy atom. The van der Waals surface area contributed by atoms with E-state index >= 15 is 0 Å². The van der Waals surface area contributed by atoms with Gasteiger partial charge in [0.25, 0.3) is 5.69 Å². The summed E-state index contributed by atoms with van der Waals surface area (Å²) in [5.41, 5.74) is -0.452. The van der Waals surface area contributed by atoms with E-state index in [0.29, 0.717) is 0 Å². The average molecular weight is 208 g/mol. The van der Waals surface area contributed by atoms with Crippen molar-refractivity contribution in [3.8, 4) is 0 Å². The molecule has 12 heavy (non-hydrogen) atoms. The van der Waals surface area contributed by atoms with Crippen LogP contribution in [0.1, 0.15) is 0 Å². The molecule has 0 aliphatic rings. The van der Waals surface area contributed by atoms with Crippen molar-refractivity contribution in [2.24, 2.45) is 0 Å². The lowest BCUT2D eigenvalue weighted by Gasteiger charge is -1.98. The van der Waals surface area contributed by atoms with Gasteiger partial charge in [-0.25, -0.2) is 4.39 Å². The first-order chi connectivity index (χ1) is 5.54. The van der Waals surface area contributed by atoms with Crippen LogP contribution >= 0.6 is 24.2 Å². The van der Waals surface area contributed by atoms with E-state index in [1.807, 2.05) is 0 Å². The number of hydrogen-bond acceptors (Lipinski definition) is 3. The Hall–Kier alpha value is -0.810. The van der Waals surface area contributed by atoms with Crippen LogP contribution in [0.5, 0.6) is 0 Å². The summed E-state index contributed by atoms with van der Waals surface area (Å²) >= 11 is 9.03. The molecule has 1 aromatic rings. The van der Waals surface area contributed by atoms with Crippen LogP contribution in [0.2, 0.25) is 5.02 Å². The van der Waals surface area contributed by atoms with Gasteiger partial charge in [0.15, 0.2) is 10.8 Å². The predicted octanol–water partition coefficient (Wildman–Crippen LogP) is 2.68. The normalized spacial score (nSPS) is 9.92. The fourth-order valence-corrected chi connectivity index (χ4v) is 1.16. The van der Waals surface area contributed by atoms with Gasteiger partial charge in [0.1, 0.15) is 0 Å². The average Bonchev–Trinajstić information content (AvgIpc) is 2.00. The van der Waals surface area contributed by atoms with Crippen molar-refractivity contribution >= 4 is 29.9 Å². The molecule has 6 heteroatoms. The highest BCUT2D eigenvalue weighted by atomic mass is 35.5. The quantitative estimate of drug-likeness (QED) is 0.437. The number of nitro groups is 1. The van der Waals surface area contributed by atoms with E-state index in [9.17, 15) is 14.5 Å². The maximum Gasteiger partial charge on any atom is 0.290 e. The zero-order valence-electron chi connectivity index (χ0n) is 5.62. The summed E-state index contributed by atoms with van der Waals surface area (Å²) in [5.74, 6) is -0.866. The van der Waals surface area contributed by atoms with Crippen LogP contribution in [-0.2, 0) is 0 Å². The zero-order valence-corrected chi connectivity index (χ0v) is 7.27. The maximum absolute atomic E-state index is 12.8. The first-order valence-corrected chi connectivity index (χ1v) is 3.68.